The minimum atomic E-state index is -0.982. The first kappa shape index (κ1) is 13.3. The summed E-state index contributed by atoms with van der Waals surface area (Å²) in [7, 11) is 0. The van der Waals surface area contributed by atoms with Gasteiger partial charge in [0.25, 0.3) is 0 Å². The molecular formula is C14H17NO5. The smallest absolute Gasteiger partial charge is 0.332 e. The molecule has 1 aliphatic carbocycles. The molecule has 108 valence electrons. The van der Waals surface area contributed by atoms with Crippen molar-refractivity contribution in [1.82, 2.24) is 4.90 Å². The molecule has 3 rings (SSSR count). The van der Waals surface area contributed by atoms with Gasteiger partial charge in [0.05, 0.1) is 24.5 Å². The van der Waals surface area contributed by atoms with Gasteiger partial charge in [-0.2, -0.15) is 0 Å². The van der Waals surface area contributed by atoms with E-state index in [4.69, 9.17) is 9.84 Å². The molecule has 4 atom stereocenters. The average molecular weight is 279 g/mol. The number of rotatable bonds is 3. The van der Waals surface area contributed by atoms with Crippen molar-refractivity contribution in [3.05, 3.63) is 12.2 Å². The van der Waals surface area contributed by atoms with Crippen LogP contribution in [0.5, 0.6) is 0 Å². The van der Waals surface area contributed by atoms with E-state index in [-0.39, 0.29) is 36.3 Å². The van der Waals surface area contributed by atoms with Crippen LogP contribution in [0.4, 0.5) is 0 Å². The molecular weight excluding hydrogens is 262 g/mol. The minimum absolute atomic E-state index is 0.133. The van der Waals surface area contributed by atoms with Crippen LogP contribution in [0.3, 0.4) is 0 Å². The molecule has 20 heavy (non-hydrogen) atoms. The number of nitrogens with zero attached hydrogens (tertiary/aromatic N) is 1. The molecule has 0 spiro atoms. The number of carboxylic acids is 1. The number of allylic oxidation sites excluding steroid dienone is 2. The van der Waals surface area contributed by atoms with Crippen molar-refractivity contribution in [2.75, 3.05) is 6.54 Å². The first-order valence-corrected chi connectivity index (χ1v) is 6.96. The quantitative estimate of drug-likeness (QED) is 0.603. The summed E-state index contributed by atoms with van der Waals surface area (Å²) in [6.45, 7) is 0.189. The van der Waals surface area contributed by atoms with Gasteiger partial charge in [-0.05, 0) is 25.7 Å². The zero-order valence-electron chi connectivity index (χ0n) is 11.0. The number of likely N-dealkylation sites (tertiary alicyclic amines) is 1. The minimum Gasteiger partial charge on any atom is -0.479 e. The molecule has 0 aromatic heterocycles. The maximum absolute atomic E-state index is 12.3. The van der Waals surface area contributed by atoms with Crippen LogP contribution >= 0.6 is 0 Å². The van der Waals surface area contributed by atoms with Crippen LogP contribution in [0.2, 0.25) is 0 Å². The van der Waals surface area contributed by atoms with Crippen molar-refractivity contribution in [3.8, 4) is 0 Å². The van der Waals surface area contributed by atoms with E-state index in [9.17, 15) is 14.4 Å². The zero-order chi connectivity index (χ0) is 14.3. The number of carbonyl (C=O) groups is 3. The Bertz CT molecular complexity index is 460. The lowest BCUT2D eigenvalue weighted by atomic mass is 9.85. The van der Waals surface area contributed by atoms with Crippen LogP contribution in [0, 0.1) is 11.8 Å². The molecule has 1 N–H and O–H groups in total. The van der Waals surface area contributed by atoms with Crippen LogP contribution in [-0.4, -0.2) is 46.5 Å². The zero-order valence-corrected chi connectivity index (χ0v) is 11.0. The third-order valence-corrected chi connectivity index (χ3v) is 4.37. The monoisotopic (exact) mass is 279 g/mol. The van der Waals surface area contributed by atoms with Gasteiger partial charge in [-0.25, -0.2) is 4.79 Å². The highest BCUT2D eigenvalue weighted by atomic mass is 16.5. The van der Waals surface area contributed by atoms with Gasteiger partial charge in [0.1, 0.15) is 0 Å². The maximum atomic E-state index is 12.3. The lowest BCUT2D eigenvalue weighted by Gasteiger charge is -2.19. The van der Waals surface area contributed by atoms with Crippen molar-refractivity contribution < 1.29 is 24.2 Å². The second-order valence-electron chi connectivity index (χ2n) is 5.61. The van der Waals surface area contributed by atoms with E-state index in [1.807, 2.05) is 12.2 Å². The largest absolute Gasteiger partial charge is 0.479 e. The van der Waals surface area contributed by atoms with Gasteiger partial charge in [0.15, 0.2) is 6.10 Å². The summed E-state index contributed by atoms with van der Waals surface area (Å²) in [4.78, 5) is 36.6. The fourth-order valence-electron chi connectivity index (χ4n) is 3.27. The van der Waals surface area contributed by atoms with E-state index < -0.39 is 12.1 Å². The van der Waals surface area contributed by atoms with E-state index in [0.717, 1.165) is 0 Å². The van der Waals surface area contributed by atoms with Gasteiger partial charge < -0.3 is 9.84 Å². The number of ether oxygens (including phenoxy) is 1. The van der Waals surface area contributed by atoms with Gasteiger partial charge in [-0.3, -0.25) is 14.5 Å². The fraction of sp³-hybridized carbons (Fsp3) is 0.643. The number of amides is 2. The predicted molar refractivity (Wildman–Crippen MR) is 67.6 cm³/mol. The Morgan fingerprint density at radius 2 is 1.80 bits per heavy atom. The normalized spacial score (nSPS) is 36.5. The molecule has 0 bridgehead atoms. The van der Waals surface area contributed by atoms with E-state index >= 15 is 0 Å². The second kappa shape index (κ2) is 5.01. The van der Waals surface area contributed by atoms with Gasteiger partial charge in [0.2, 0.25) is 11.8 Å². The standard InChI is InChI=1S/C14H17NO5/c16-12-9-3-1-2-4-10(9)13(17)15(12)7-8-5-6-11(20-8)14(18)19/h1-2,8-11H,3-7H2,(H,18,19). The summed E-state index contributed by atoms with van der Waals surface area (Å²) >= 11 is 0. The van der Waals surface area contributed by atoms with Crippen molar-refractivity contribution in [3.63, 3.8) is 0 Å². The molecule has 2 aliphatic heterocycles. The lowest BCUT2D eigenvalue weighted by molar-refractivity contribution is -0.150. The van der Waals surface area contributed by atoms with E-state index in [0.29, 0.717) is 25.7 Å². The summed E-state index contributed by atoms with van der Waals surface area (Å²) < 4.78 is 5.37. The van der Waals surface area contributed by atoms with E-state index in [2.05, 4.69) is 0 Å². The van der Waals surface area contributed by atoms with Crippen molar-refractivity contribution in [1.29, 1.82) is 0 Å². The maximum Gasteiger partial charge on any atom is 0.332 e. The summed E-state index contributed by atoms with van der Waals surface area (Å²) in [6.07, 6.45) is 4.98. The fourth-order valence-corrected chi connectivity index (χ4v) is 3.27. The van der Waals surface area contributed by atoms with E-state index in [1.54, 1.807) is 0 Å². The predicted octanol–water partition coefficient (Wildman–Crippen LogP) is 0.570. The second-order valence-corrected chi connectivity index (χ2v) is 5.61. The summed E-state index contributed by atoms with van der Waals surface area (Å²) in [5.41, 5.74) is 0. The number of hydrogen-bond donors (Lipinski definition) is 1. The molecule has 3 aliphatic rings. The highest BCUT2D eigenvalue weighted by Gasteiger charge is 2.48. The third kappa shape index (κ3) is 2.14. The summed E-state index contributed by atoms with van der Waals surface area (Å²) in [6, 6.07) is 0. The highest BCUT2D eigenvalue weighted by molar-refractivity contribution is 6.05. The molecule has 2 fully saturated rings. The van der Waals surface area contributed by atoms with E-state index in [1.165, 1.54) is 4.90 Å². The van der Waals surface area contributed by atoms with Crippen molar-refractivity contribution >= 4 is 17.8 Å². The van der Waals surface area contributed by atoms with Crippen LogP contribution in [0.1, 0.15) is 25.7 Å². The lowest BCUT2D eigenvalue weighted by Crippen LogP contribution is -2.38. The molecule has 2 heterocycles. The Balaban J connectivity index is 1.65. The molecule has 6 heteroatoms. The van der Waals surface area contributed by atoms with Gasteiger partial charge in [-0.1, -0.05) is 12.2 Å². The van der Waals surface area contributed by atoms with Crippen molar-refractivity contribution in [2.45, 2.75) is 37.9 Å². The Kier molecular flexibility index (Phi) is 3.33. The number of carboxylic acid groups (broad SMARTS) is 1. The SMILES string of the molecule is O=C(O)C1CCC(CN2C(=O)C3CC=CCC3C2=O)O1. The molecule has 0 radical (unpaired) electrons. The van der Waals surface area contributed by atoms with Crippen LogP contribution in [-0.2, 0) is 19.1 Å². The molecule has 0 aromatic carbocycles. The topological polar surface area (TPSA) is 83.9 Å². The molecule has 6 nitrogen and oxygen atoms in total. The van der Waals surface area contributed by atoms with Gasteiger partial charge >= 0.3 is 5.97 Å². The third-order valence-electron chi connectivity index (χ3n) is 4.37. The number of carbonyl (C=O) groups excluding carboxylic acids is 2. The number of hydrogen-bond acceptors (Lipinski definition) is 4. The molecule has 2 saturated heterocycles. The first-order chi connectivity index (χ1) is 9.58. The molecule has 0 aromatic rings. The average Bonchev–Trinajstić information content (AvgIpc) is 3.00. The highest BCUT2D eigenvalue weighted by Crippen LogP contribution is 2.35. The molecule has 2 amide bonds. The Labute approximate surface area is 116 Å². The Morgan fingerprint density at radius 1 is 1.20 bits per heavy atom. The van der Waals surface area contributed by atoms with Crippen molar-refractivity contribution in [2.24, 2.45) is 11.8 Å². The molecule has 4 unspecified atom stereocenters. The van der Waals surface area contributed by atoms with Crippen LogP contribution in [0.25, 0.3) is 0 Å². The summed E-state index contributed by atoms with van der Waals surface area (Å²) in [5.74, 6) is -1.71. The number of imide groups is 1. The van der Waals surface area contributed by atoms with Gasteiger partial charge in [-0.15, -0.1) is 0 Å². The molecule has 0 saturated carbocycles. The number of fused-ring (bicyclic) bond motifs is 1. The van der Waals surface area contributed by atoms with Crippen LogP contribution in [0.15, 0.2) is 12.2 Å². The number of aliphatic carboxylic acids is 1. The Morgan fingerprint density at radius 3 is 2.30 bits per heavy atom. The first-order valence-electron chi connectivity index (χ1n) is 6.96. The van der Waals surface area contributed by atoms with Crippen LogP contribution < -0.4 is 0 Å². The summed E-state index contributed by atoms with van der Waals surface area (Å²) in [5, 5.41) is 8.88. The Hall–Kier alpha value is -1.69. The van der Waals surface area contributed by atoms with Gasteiger partial charge in [0, 0.05) is 0 Å².